The molecule has 5 heteroatoms. The van der Waals surface area contributed by atoms with Gasteiger partial charge in [-0.05, 0) is 11.5 Å². The zero-order valence-electron chi connectivity index (χ0n) is 10.5. The van der Waals surface area contributed by atoms with Crippen molar-refractivity contribution >= 4 is 34.1 Å². The van der Waals surface area contributed by atoms with E-state index in [0.29, 0.717) is 11.0 Å². The minimum Gasteiger partial charge on any atom is -0.252 e. The molecular weight excluding hydrogens is 290 g/mol. The molecule has 0 N–H and O–H groups in total. The summed E-state index contributed by atoms with van der Waals surface area (Å²) in [5.41, 5.74) is 2.91. The van der Waals surface area contributed by atoms with Crippen LogP contribution in [-0.4, -0.2) is 15.0 Å². The lowest BCUT2D eigenvalue weighted by molar-refractivity contribution is 1.06. The summed E-state index contributed by atoms with van der Waals surface area (Å²) in [5, 5.41) is 2.74. The third-order valence-corrected chi connectivity index (χ3v) is 4.70. The first-order valence-electron chi connectivity index (χ1n) is 6.30. The van der Waals surface area contributed by atoms with Gasteiger partial charge in [-0.3, -0.25) is 4.98 Å². The molecule has 0 bridgehead atoms. The van der Waals surface area contributed by atoms with Crippen LogP contribution < -0.4 is 0 Å². The van der Waals surface area contributed by atoms with E-state index in [1.807, 2.05) is 36.0 Å². The van der Waals surface area contributed by atoms with E-state index in [1.165, 1.54) is 0 Å². The van der Waals surface area contributed by atoms with Crippen LogP contribution in [0.25, 0.3) is 22.3 Å². The molecule has 0 fully saturated rings. The van der Waals surface area contributed by atoms with Crippen molar-refractivity contribution in [3.63, 3.8) is 0 Å². The predicted molar refractivity (Wildman–Crippen MR) is 82.8 cm³/mol. The number of pyridine rings is 1. The molecule has 0 amide bonds. The van der Waals surface area contributed by atoms with E-state index < -0.39 is 0 Å². The van der Waals surface area contributed by atoms with E-state index >= 15 is 0 Å². The maximum Gasteiger partial charge on any atom is 0.180 e. The van der Waals surface area contributed by atoms with Crippen LogP contribution >= 0.6 is 23.4 Å². The number of hydrogen-bond donors (Lipinski definition) is 0. The Morgan fingerprint density at radius 3 is 2.90 bits per heavy atom. The van der Waals surface area contributed by atoms with Gasteiger partial charge in [-0.1, -0.05) is 35.9 Å². The van der Waals surface area contributed by atoms with Gasteiger partial charge in [-0.2, -0.15) is 11.8 Å². The number of rotatable bonds is 1. The van der Waals surface area contributed by atoms with Crippen LogP contribution in [0.5, 0.6) is 0 Å². The highest BCUT2D eigenvalue weighted by Crippen LogP contribution is 2.34. The number of fused-ring (bicyclic) bond motifs is 2. The largest absolute Gasteiger partial charge is 0.252 e. The van der Waals surface area contributed by atoms with E-state index in [2.05, 4.69) is 21.0 Å². The van der Waals surface area contributed by atoms with Crippen molar-refractivity contribution < 1.29 is 0 Å². The van der Waals surface area contributed by atoms with Gasteiger partial charge in [0, 0.05) is 28.7 Å². The molecule has 0 atom stereocenters. The van der Waals surface area contributed by atoms with Gasteiger partial charge in [0.05, 0.1) is 5.69 Å². The molecule has 98 valence electrons. The molecule has 1 aliphatic rings. The second-order valence-corrected chi connectivity index (χ2v) is 5.98. The number of nitrogens with zero attached hydrogens (tertiary/aromatic N) is 3. The molecule has 20 heavy (non-hydrogen) atoms. The van der Waals surface area contributed by atoms with E-state index in [0.717, 1.165) is 39.2 Å². The fourth-order valence-electron chi connectivity index (χ4n) is 2.42. The quantitative estimate of drug-likeness (QED) is 0.634. The third-order valence-electron chi connectivity index (χ3n) is 3.41. The zero-order chi connectivity index (χ0) is 13.5. The summed E-state index contributed by atoms with van der Waals surface area (Å²) in [6.07, 6.45) is 1.79. The Kier molecular flexibility index (Phi) is 2.86. The summed E-state index contributed by atoms with van der Waals surface area (Å²) in [6, 6.07) is 10.1. The maximum atomic E-state index is 6.28. The van der Waals surface area contributed by atoms with Crippen molar-refractivity contribution in [2.75, 3.05) is 0 Å². The van der Waals surface area contributed by atoms with Gasteiger partial charge in [-0.15, -0.1) is 0 Å². The number of aromatic nitrogens is 3. The van der Waals surface area contributed by atoms with Gasteiger partial charge in [0.1, 0.15) is 10.8 Å². The molecular formula is C15H10ClN3S. The minimum absolute atomic E-state index is 0.560. The first kappa shape index (κ1) is 12.1. The Hall–Kier alpha value is -1.65. The molecule has 3 aromatic rings. The summed E-state index contributed by atoms with van der Waals surface area (Å²) in [7, 11) is 0. The molecule has 1 aromatic carbocycles. The number of hydrogen-bond acceptors (Lipinski definition) is 4. The average molecular weight is 300 g/mol. The highest BCUT2D eigenvalue weighted by Gasteiger charge is 2.20. The molecule has 0 saturated heterocycles. The smallest absolute Gasteiger partial charge is 0.180 e. The minimum atomic E-state index is 0.560. The van der Waals surface area contributed by atoms with Gasteiger partial charge in [-0.25, -0.2) is 9.97 Å². The summed E-state index contributed by atoms with van der Waals surface area (Å²) in [6.45, 7) is 0. The van der Waals surface area contributed by atoms with Gasteiger partial charge in [0.2, 0.25) is 0 Å². The highest BCUT2D eigenvalue weighted by atomic mass is 35.5. The third kappa shape index (κ3) is 1.87. The molecule has 1 aliphatic heterocycles. The van der Waals surface area contributed by atoms with Crippen LogP contribution in [-0.2, 0) is 11.5 Å². The van der Waals surface area contributed by atoms with Crippen LogP contribution in [0.1, 0.15) is 11.3 Å². The van der Waals surface area contributed by atoms with Crippen molar-refractivity contribution in [3.8, 4) is 11.5 Å². The van der Waals surface area contributed by atoms with E-state index in [-0.39, 0.29) is 0 Å². The maximum absolute atomic E-state index is 6.28. The molecule has 0 spiro atoms. The number of thioether (sulfide) groups is 1. The average Bonchev–Trinajstić information content (AvgIpc) is 2.95. The molecule has 0 radical (unpaired) electrons. The van der Waals surface area contributed by atoms with E-state index in [4.69, 9.17) is 11.6 Å². The van der Waals surface area contributed by atoms with Crippen molar-refractivity contribution in [2.24, 2.45) is 0 Å². The number of benzene rings is 1. The summed E-state index contributed by atoms with van der Waals surface area (Å²) < 4.78 is 0. The standard InChI is InChI=1S/C15H10ClN3S/c16-14-11-7-20-8-12(11)18-15(19-14)13-10-4-2-1-3-9(10)5-6-17-13/h1-6H,7-8H2. The fourth-order valence-corrected chi connectivity index (χ4v) is 3.79. The Morgan fingerprint density at radius 1 is 1.05 bits per heavy atom. The summed E-state index contributed by atoms with van der Waals surface area (Å²) >= 11 is 8.10. The molecule has 0 unspecified atom stereocenters. The molecule has 3 heterocycles. The Bertz CT molecular complexity index is 814. The highest BCUT2D eigenvalue weighted by molar-refractivity contribution is 7.98. The monoisotopic (exact) mass is 299 g/mol. The molecule has 3 nitrogen and oxygen atoms in total. The van der Waals surface area contributed by atoms with Crippen molar-refractivity contribution in [3.05, 3.63) is 52.9 Å². The molecule has 0 saturated carbocycles. The van der Waals surface area contributed by atoms with Gasteiger partial charge >= 0.3 is 0 Å². The lowest BCUT2D eigenvalue weighted by atomic mass is 10.1. The first-order chi connectivity index (χ1) is 9.83. The summed E-state index contributed by atoms with van der Waals surface area (Å²) in [4.78, 5) is 13.6. The second kappa shape index (κ2) is 4.72. The summed E-state index contributed by atoms with van der Waals surface area (Å²) in [5.74, 6) is 2.42. The fraction of sp³-hybridized carbons (Fsp3) is 0.133. The van der Waals surface area contributed by atoms with Gasteiger partial charge < -0.3 is 0 Å². The van der Waals surface area contributed by atoms with Crippen LogP contribution in [0.4, 0.5) is 0 Å². The van der Waals surface area contributed by atoms with Crippen molar-refractivity contribution in [1.29, 1.82) is 0 Å². The molecule has 0 aliphatic carbocycles. The van der Waals surface area contributed by atoms with Crippen LogP contribution in [0, 0.1) is 0 Å². The van der Waals surface area contributed by atoms with Gasteiger partial charge in [0.25, 0.3) is 0 Å². The normalized spacial score (nSPS) is 13.7. The Morgan fingerprint density at radius 2 is 1.95 bits per heavy atom. The van der Waals surface area contributed by atoms with Crippen molar-refractivity contribution in [2.45, 2.75) is 11.5 Å². The number of halogens is 1. The van der Waals surface area contributed by atoms with Crippen LogP contribution in [0.2, 0.25) is 5.15 Å². The topological polar surface area (TPSA) is 38.7 Å². The lowest BCUT2D eigenvalue weighted by Gasteiger charge is -2.07. The molecule has 2 aromatic heterocycles. The lowest BCUT2D eigenvalue weighted by Crippen LogP contribution is -1.99. The van der Waals surface area contributed by atoms with Gasteiger partial charge in [0.15, 0.2) is 5.82 Å². The zero-order valence-corrected chi connectivity index (χ0v) is 12.1. The second-order valence-electron chi connectivity index (χ2n) is 4.64. The SMILES string of the molecule is Clc1nc(-c2nccc3ccccc23)nc2c1CSC2. The van der Waals surface area contributed by atoms with E-state index in [9.17, 15) is 0 Å². The molecule has 4 rings (SSSR count). The van der Waals surface area contributed by atoms with E-state index in [1.54, 1.807) is 6.20 Å². The van der Waals surface area contributed by atoms with Crippen LogP contribution in [0.3, 0.4) is 0 Å². The van der Waals surface area contributed by atoms with Crippen molar-refractivity contribution in [1.82, 2.24) is 15.0 Å². The Labute approximate surface area is 125 Å². The Balaban J connectivity index is 1.98. The van der Waals surface area contributed by atoms with Crippen LogP contribution in [0.15, 0.2) is 36.5 Å². The first-order valence-corrected chi connectivity index (χ1v) is 7.83. The predicted octanol–water partition coefficient (Wildman–Crippen LogP) is 4.09.